The number of hydrogen-bond acceptors (Lipinski definition) is 3. The van der Waals surface area contributed by atoms with E-state index < -0.39 is 10.4 Å². The minimum Gasteiger partial charge on any atom is -0.483 e. The molecule has 0 aromatic heterocycles. The zero-order valence-corrected chi connectivity index (χ0v) is 5.67. The number of carbonyl (C=O) groups is 1. The van der Waals surface area contributed by atoms with Crippen LogP contribution < -0.4 is 0 Å². The molecule has 6 nitrogen and oxygen atoms in total. The van der Waals surface area contributed by atoms with E-state index in [1.807, 2.05) is 0 Å². The SMILES string of the molecule is O=CO.O=S(=O)(O)O.[Ni]. The van der Waals surface area contributed by atoms with Crippen LogP contribution in [0.2, 0.25) is 0 Å². The second kappa shape index (κ2) is 7.83. The molecule has 3 N–H and O–H groups in total. The van der Waals surface area contributed by atoms with Crippen LogP contribution in [-0.2, 0) is 31.7 Å². The molecule has 0 saturated carbocycles. The summed E-state index contributed by atoms with van der Waals surface area (Å²) >= 11 is 0. The maximum absolute atomic E-state index is 8.74. The predicted octanol–water partition coefficient (Wildman–Crippen LogP) is -0.954. The summed E-state index contributed by atoms with van der Waals surface area (Å²) in [4.78, 5) is 8.36. The van der Waals surface area contributed by atoms with E-state index in [0.29, 0.717) is 0 Å². The van der Waals surface area contributed by atoms with Gasteiger partial charge in [0, 0.05) is 16.5 Å². The third kappa shape index (κ3) is 9620. The number of hydrogen-bond donors (Lipinski definition) is 3. The van der Waals surface area contributed by atoms with Crippen LogP contribution in [0.15, 0.2) is 0 Å². The predicted molar refractivity (Wildman–Crippen MR) is 22.9 cm³/mol. The Morgan fingerprint density at radius 2 is 1.22 bits per heavy atom. The van der Waals surface area contributed by atoms with Crippen molar-refractivity contribution in [2.45, 2.75) is 0 Å². The summed E-state index contributed by atoms with van der Waals surface area (Å²) in [6, 6.07) is 0. The molecule has 0 radical (unpaired) electrons. The molecular formula is CH4NiO6S. The smallest absolute Gasteiger partial charge is 0.394 e. The van der Waals surface area contributed by atoms with Crippen LogP contribution in [0.25, 0.3) is 0 Å². The van der Waals surface area contributed by atoms with E-state index in [0.717, 1.165) is 0 Å². The molecule has 0 aliphatic rings. The molecule has 0 saturated heterocycles. The second-order valence-electron chi connectivity index (χ2n) is 0.553. The van der Waals surface area contributed by atoms with Gasteiger partial charge in [-0.15, -0.1) is 0 Å². The summed E-state index contributed by atoms with van der Waals surface area (Å²) in [5, 5.41) is 6.89. The fourth-order valence-electron chi connectivity index (χ4n) is 0. The first kappa shape index (κ1) is 15.9. The Balaban J connectivity index is -0.0000000800. The van der Waals surface area contributed by atoms with Crippen molar-refractivity contribution in [1.29, 1.82) is 0 Å². The Morgan fingerprint density at radius 1 is 1.22 bits per heavy atom. The molecule has 0 aliphatic heterocycles. The summed E-state index contributed by atoms with van der Waals surface area (Å²) in [6.07, 6.45) is 0. The average molecular weight is 203 g/mol. The molecule has 0 spiro atoms. The maximum Gasteiger partial charge on any atom is 0.394 e. The van der Waals surface area contributed by atoms with Crippen molar-refractivity contribution in [2.24, 2.45) is 0 Å². The maximum atomic E-state index is 8.74. The third-order valence-corrected chi connectivity index (χ3v) is 0. The van der Waals surface area contributed by atoms with E-state index >= 15 is 0 Å². The van der Waals surface area contributed by atoms with E-state index in [-0.39, 0.29) is 23.0 Å². The van der Waals surface area contributed by atoms with Crippen LogP contribution in [-0.4, -0.2) is 29.1 Å². The Kier molecular flexibility index (Phi) is 13.9. The van der Waals surface area contributed by atoms with Crippen LogP contribution >= 0.6 is 0 Å². The van der Waals surface area contributed by atoms with Gasteiger partial charge in [-0.05, 0) is 0 Å². The van der Waals surface area contributed by atoms with Crippen molar-refractivity contribution in [3.63, 3.8) is 0 Å². The standard InChI is InChI=1S/CH2O2.Ni.H2O4S/c2-1-3;;1-5(2,3)4/h1H,(H,2,3);;(H2,1,2,3,4). The molecule has 9 heavy (non-hydrogen) atoms. The first-order valence-electron chi connectivity index (χ1n) is 1.19. The van der Waals surface area contributed by atoms with Gasteiger partial charge in [0.2, 0.25) is 0 Å². The molecule has 0 bridgehead atoms. The number of rotatable bonds is 0. The van der Waals surface area contributed by atoms with Crippen LogP contribution in [0.3, 0.4) is 0 Å². The molecule has 0 atom stereocenters. The number of carboxylic acid groups (broad SMARTS) is 1. The topological polar surface area (TPSA) is 112 Å². The first-order chi connectivity index (χ1) is 3.41. The molecule has 0 aromatic carbocycles. The van der Waals surface area contributed by atoms with Gasteiger partial charge < -0.3 is 5.11 Å². The Hall–Kier alpha value is -0.166. The van der Waals surface area contributed by atoms with E-state index in [2.05, 4.69) is 0 Å². The molecule has 0 amide bonds. The van der Waals surface area contributed by atoms with E-state index in [1.54, 1.807) is 0 Å². The fourth-order valence-corrected chi connectivity index (χ4v) is 0. The van der Waals surface area contributed by atoms with Crippen LogP contribution in [0.1, 0.15) is 0 Å². The zero-order chi connectivity index (χ0) is 7.21. The Morgan fingerprint density at radius 3 is 1.22 bits per heavy atom. The molecule has 0 rings (SSSR count). The van der Waals surface area contributed by atoms with E-state index in [4.69, 9.17) is 27.4 Å². The zero-order valence-electron chi connectivity index (χ0n) is 3.87. The Labute approximate surface area is 61.4 Å². The van der Waals surface area contributed by atoms with E-state index in [1.165, 1.54) is 0 Å². The van der Waals surface area contributed by atoms with Crippen molar-refractivity contribution in [2.75, 3.05) is 0 Å². The second-order valence-corrected chi connectivity index (χ2v) is 1.45. The van der Waals surface area contributed by atoms with Crippen molar-refractivity contribution < 1.29 is 43.9 Å². The van der Waals surface area contributed by atoms with Gasteiger partial charge in [-0.25, -0.2) is 0 Å². The molecule has 0 aliphatic carbocycles. The van der Waals surface area contributed by atoms with Crippen molar-refractivity contribution >= 4 is 16.9 Å². The van der Waals surface area contributed by atoms with Crippen molar-refractivity contribution in [1.82, 2.24) is 0 Å². The molecule has 0 heterocycles. The normalized spacial score (nSPS) is 7.78. The quantitative estimate of drug-likeness (QED) is 0.265. The van der Waals surface area contributed by atoms with Crippen LogP contribution in [0, 0.1) is 0 Å². The average Bonchev–Trinajstić information content (AvgIpc) is 1.27. The Bertz CT molecular complexity index is 127. The van der Waals surface area contributed by atoms with Gasteiger partial charge in [0.1, 0.15) is 0 Å². The van der Waals surface area contributed by atoms with Crippen LogP contribution in [0.5, 0.6) is 0 Å². The summed E-state index contributed by atoms with van der Waals surface area (Å²) in [6.45, 7) is -0.250. The molecule has 0 aromatic rings. The summed E-state index contributed by atoms with van der Waals surface area (Å²) in [5.41, 5.74) is 0. The van der Waals surface area contributed by atoms with Gasteiger partial charge in [0.25, 0.3) is 6.47 Å². The van der Waals surface area contributed by atoms with Gasteiger partial charge in [0.05, 0.1) is 0 Å². The van der Waals surface area contributed by atoms with Crippen molar-refractivity contribution in [3.8, 4) is 0 Å². The largest absolute Gasteiger partial charge is 0.483 e. The fraction of sp³-hybridized carbons (Fsp3) is 0. The monoisotopic (exact) mass is 202 g/mol. The molecule has 8 heteroatoms. The minimum atomic E-state index is -4.67. The first-order valence-corrected chi connectivity index (χ1v) is 2.59. The van der Waals surface area contributed by atoms with Gasteiger partial charge in [-0.2, -0.15) is 8.42 Å². The van der Waals surface area contributed by atoms with Gasteiger partial charge in [-0.3, -0.25) is 13.9 Å². The van der Waals surface area contributed by atoms with E-state index in [9.17, 15) is 0 Å². The summed E-state index contributed by atoms with van der Waals surface area (Å²) in [5.74, 6) is 0. The molecule has 0 unspecified atom stereocenters. The molecular weight excluding hydrogens is 199 g/mol. The summed E-state index contributed by atoms with van der Waals surface area (Å²) in [7, 11) is -4.67. The third-order valence-electron chi connectivity index (χ3n) is 0. The van der Waals surface area contributed by atoms with Crippen molar-refractivity contribution in [3.05, 3.63) is 0 Å². The summed E-state index contributed by atoms with van der Waals surface area (Å²) < 4.78 is 31.6. The minimum absolute atomic E-state index is 0. The van der Waals surface area contributed by atoms with Gasteiger partial charge in [0.15, 0.2) is 0 Å². The van der Waals surface area contributed by atoms with Gasteiger partial charge >= 0.3 is 10.4 Å². The molecule has 60 valence electrons. The van der Waals surface area contributed by atoms with Crippen LogP contribution in [0.4, 0.5) is 0 Å². The van der Waals surface area contributed by atoms with Gasteiger partial charge in [-0.1, -0.05) is 0 Å². The molecule has 0 fully saturated rings.